The monoisotopic (exact) mass is 425 g/mol. The van der Waals surface area contributed by atoms with Crippen molar-refractivity contribution in [1.82, 2.24) is 15.3 Å². The van der Waals surface area contributed by atoms with E-state index in [1.807, 2.05) is 45.0 Å². The summed E-state index contributed by atoms with van der Waals surface area (Å²) in [6.45, 7) is 6.29. The molecule has 0 aliphatic carbocycles. The van der Waals surface area contributed by atoms with Crippen molar-refractivity contribution in [2.24, 2.45) is 5.41 Å². The maximum atomic E-state index is 12.2. The number of aromatic amines is 1. The molecule has 3 rings (SSSR count). The summed E-state index contributed by atoms with van der Waals surface area (Å²) in [5, 5.41) is 3.65. The highest BCUT2D eigenvalue weighted by Crippen LogP contribution is 2.33. The van der Waals surface area contributed by atoms with Gasteiger partial charge in [-0.15, -0.1) is 0 Å². The van der Waals surface area contributed by atoms with Crippen LogP contribution in [0.3, 0.4) is 0 Å². The molecule has 2 heterocycles. The van der Waals surface area contributed by atoms with Gasteiger partial charge in [0, 0.05) is 10.0 Å². The van der Waals surface area contributed by atoms with Crippen LogP contribution in [-0.4, -0.2) is 28.7 Å². The van der Waals surface area contributed by atoms with Crippen LogP contribution in [0.15, 0.2) is 28.7 Å². The molecule has 0 radical (unpaired) electrons. The fourth-order valence-corrected chi connectivity index (χ4v) is 3.24. The number of ether oxygens (including phenoxy) is 1. The van der Waals surface area contributed by atoms with E-state index in [-0.39, 0.29) is 11.9 Å². The topological polar surface area (TPSA) is 67.0 Å². The third-order valence-corrected chi connectivity index (χ3v) is 4.98. The van der Waals surface area contributed by atoms with Gasteiger partial charge in [-0.25, -0.2) is 4.98 Å². The number of esters is 1. The molecule has 2 atom stereocenters. The van der Waals surface area contributed by atoms with Gasteiger partial charge in [-0.3, -0.25) is 10.1 Å². The fourth-order valence-electron chi connectivity index (χ4n) is 2.72. The maximum absolute atomic E-state index is 12.2. The number of H-pyrrole nitrogens is 1. The number of nitrogens with zero attached hydrogens (tertiary/aromatic N) is 1. The second-order valence-corrected chi connectivity index (χ2v) is 8.49. The van der Waals surface area contributed by atoms with Gasteiger partial charge >= 0.3 is 5.97 Å². The molecular weight excluding hydrogens is 406 g/mol. The Hall–Kier alpha value is -1.37. The Morgan fingerprint density at radius 3 is 2.64 bits per heavy atom. The van der Waals surface area contributed by atoms with Gasteiger partial charge in [0.05, 0.1) is 17.0 Å². The van der Waals surface area contributed by atoms with Crippen molar-refractivity contribution < 1.29 is 9.53 Å². The molecule has 1 aliphatic heterocycles. The van der Waals surface area contributed by atoms with Crippen LogP contribution in [0, 0.1) is 5.41 Å². The number of halogens is 2. The molecule has 5 nitrogen and oxygen atoms in total. The summed E-state index contributed by atoms with van der Waals surface area (Å²) in [6.07, 6.45) is 0.429. The van der Waals surface area contributed by atoms with E-state index in [1.165, 1.54) is 0 Å². The molecule has 1 aromatic heterocycles. The lowest BCUT2D eigenvalue weighted by Crippen LogP contribution is -2.36. The van der Waals surface area contributed by atoms with E-state index in [2.05, 4.69) is 31.2 Å². The second kappa shape index (κ2) is 7.09. The molecule has 0 spiro atoms. The lowest BCUT2D eigenvalue weighted by molar-refractivity contribution is -0.160. The summed E-state index contributed by atoms with van der Waals surface area (Å²) in [6, 6.07) is 7.85. The van der Waals surface area contributed by atoms with E-state index in [4.69, 9.17) is 16.3 Å². The normalized spacial score (nSPS) is 20.7. The Balaban J connectivity index is 1.83. The van der Waals surface area contributed by atoms with Crippen LogP contribution in [0.25, 0.3) is 11.3 Å². The first kappa shape index (κ1) is 18.4. The van der Waals surface area contributed by atoms with Crippen molar-refractivity contribution in [2.75, 3.05) is 6.54 Å². The summed E-state index contributed by atoms with van der Waals surface area (Å²) in [7, 11) is 0. The van der Waals surface area contributed by atoms with E-state index in [1.54, 1.807) is 0 Å². The van der Waals surface area contributed by atoms with E-state index >= 15 is 0 Å². The summed E-state index contributed by atoms with van der Waals surface area (Å²) >= 11 is 9.77. The Labute approximate surface area is 160 Å². The van der Waals surface area contributed by atoms with Gasteiger partial charge in [-0.05, 0) is 45.9 Å². The average molecular weight is 427 g/mol. The number of benzene rings is 1. The van der Waals surface area contributed by atoms with Gasteiger partial charge in [0.15, 0.2) is 11.4 Å². The molecule has 25 heavy (non-hydrogen) atoms. The third kappa shape index (κ3) is 4.07. The van der Waals surface area contributed by atoms with E-state index in [0.29, 0.717) is 5.15 Å². The Morgan fingerprint density at radius 2 is 2.00 bits per heavy atom. The third-order valence-electron chi connectivity index (χ3n) is 4.17. The van der Waals surface area contributed by atoms with Gasteiger partial charge in [0.25, 0.3) is 0 Å². The van der Waals surface area contributed by atoms with E-state index in [0.717, 1.165) is 34.5 Å². The Morgan fingerprint density at radius 1 is 1.32 bits per heavy atom. The van der Waals surface area contributed by atoms with Crippen molar-refractivity contribution in [2.45, 2.75) is 39.3 Å². The predicted octanol–water partition coefficient (Wildman–Crippen LogP) is 4.48. The van der Waals surface area contributed by atoms with Crippen LogP contribution in [0.4, 0.5) is 0 Å². The van der Waals surface area contributed by atoms with Crippen molar-refractivity contribution in [3.05, 3.63) is 39.7 Å². The summed E-state index contributed by atoms with van der Waals surface area (Å²) in [4.78, 5) is 20.0. The van der Waals surface area contributed by atoms with Crippen LogP contribution >= 0.6 is 27.5 Å². The molecule has 2 aromatic rings. The van der Waals surface area contributed by atoms with Crippen LogP contribution in [0.5, 0.6) is 0 Å². The lowest BCUT2D eigenvalue weighted by atomic mass is 9.97. The fraction of sp³-hybridized carbons (Fsp3) is 0.444. The molecule has 1 fully saturated rings. The molecule has 2 N–H and O–H groups in total. The first-order valence-electron chi connectivity index (χ1n) is 8.21. The van der Waals surface area contributed by atoms with Gasteiger partial charge in [-0.1, -0.05) is 39.7 Å². The molecule has 7 heteroatoms. The highest BCUT2D eigenvalue weighted by molar-refractivity contribution is 9.10. The quantitative estimate of drug-likeness (QED) is 0.710. The van der Waals surface area contributed by atoms with Gasteiger partial charge in [-0.2, -0.15) is 0 Å². The number of imidazole rings is 1. The minimum absolute atomic E-state index is 0.0481. The predicted molar refractivity (Wildman–Crippen MR) is 101 cm³/mol. The van der Waals surface area contributed by atoms with Crippen molar-refractivity contribution in [1.29, 1.82) is 0 Å². The molecule has 0 saturated carbocycles. The molecule has 1 aliphatic rings. The number of hydrogen-bond donors (Lipinski definition) is 2. The molecule has 134 valence electrons. The molecular formula is C18H21BrClN3O2. The van der Waals surface area contributed by atoms with Crippen LogP contribution in [-0.2, 0) is 9.53 Å². The maximum Gasteiger partial charge on any atom is 0.312 e. The van der Waals surface area contributed by atoms with Crippen molar-refractivity contribution in [3.63, 3.8) is 0 Å². The average Bonchev–Trinajstić information content (AvgIpc) is 3.13. The summed E-state index contributed by atoms with van der Waals surface area (Å²) in [5.74, 6) is 0.454. The number of rotatable bonds is 3. The molecule has 0 bridgehead atoms. The zero-order valence-corrected chi connectivity index (χ0v) is 16.7. The van der Waals surface area contributed by atoms with Crippen LogP contribution < -0.4 is 5.32 Å². The van der Waals surface area contributed by atoms with Gasteiger partial charge in [0.1, 0.15) is 5.82 Å². The van der Waals surface area contributed by atoms with Crippen LogP contribution in [0.2, 0.25) is 5.15 Å². The second-order valence-electron chi connectivity index (χ2n) is 7.22. The standard InChI is InChI=1S/C18H21BrClN3O2/c1-18(2,3)17(24)25-16-12(8-9-21-16)15-22-13(14(20)23-15)10-4-6-11(19)7-5-10/h4-7,12,16,21H,8-9H2,1-3H3,(H,22,23)/t12-,16?/m0/s1. The molecule has 1 aromatic carbocycles. The Bertz CT molecular complexity index is 768. The highest BCUT2D eigenvalue weighted by atomic mass is 79.9. The first-order chi connectivity index (χ1) is 11.8. The molecule has 1 saturated heterocycles. The van der Waals surface area contributed by atoms with E-state index in [9.17, 15) is 4.79 Å². The minimum Gasteiger partial charge on any atom is -0.445 e. The SMILES string of the molecule is CC(C)(C)C(=O)OC1NCC[C@H]1c1nc(Cl)c(-c2ccc(Br)cc2)[nH]1. The number of nitrogens with one attached hydrogen (secondary N) is 2. The summed E-state index contributed by atoms with van der Waals surface area (Å²) in [5.41, 5.74) is 1.19. The lowest BCUT2D eigenvalue weighted by Gasteiger charge is -2.23. The summed E-state index contributed by atoms with van der Waals surface area (Å²) < 4.78 is 6.66. The number of carbonyl (C=O) groups is 1. The number of carbonyl (C=O) groups excluding carboxylic acids is 1. The van der Waals surface area contributed by atoms with Gasteiger partial charge in [0.2, 0.25) is 0 Å². The zero-order chi connectivity index (χ0) is 18.2. The van der Waals surface area contributed by atoms with Crippen molar-refractivity contribution >= 4 is 33.5 Å². The molecule has 1 unspecified atom stereocenters. The first-order valence-corrected chi connectivity index (χ1v) is 9.38. The minimum atomic E-state index is -0.543. The molecule has 0 amide bonds. The Kier molecular flexibility index (Phi) is 5.23. The highest BCUT2D eigenvalue weighted by Gasteiger charge is 2.36. The number of hydrogen-bond acceptors (Lipinski definition) is 4. The smallest absolute Gasteiger partial charge is 0.312 e. The number of aromatic nitrogens is 2. The van der Waals surface area contributed by atoms with Crippen LogP contribution in [0.1, 0.15) is 38.9 Å². The van der Waals surface area contributed by atoms with E-state index < -0.39 is 11.6 Å². The van der Waals surface area contributed by atoms with Gasteiger partial charge < -0.3 is 9.72 Å². The largest absolute Gasteiger partial charge is 0.445 e. The van der Waals surface area contributed by atoms with Crippen molar-refractivity contribution in [3.8, 4) is 11.3 Å². The zero-order valence-electron chi connectivity index (χ0n) is 14.4.